The van der Waals surface area contributed by atoms with Crippen molar-refractivity contribution in [3.05, 3.63) is 70.8 Å². The predicted molar refractivity (Wildman–Crippen MR) is 132 cm³/mol. The second kappa shape index (κ2) is 11.0. The smallest absolute Gasteiger partial charge is 0.261 e. The van der Waals surface area contributed by atoms with Gasteiger partial charge in [-0.05, 0) is 11.6 Å². The lowest BCUT2D eigenvalue weighted by atomic mass is 10.2. The summed E-state index contributed by atoms with van der Waals surface area (Å²) in [5.41, 5.74) is 1.52. The van der Waals surface area contributed by atoms with Crippen LogP contribution in [0.25, 0.3) is 17.0 Å². The zero-order valence-electron chi connectivity index (χ0n) is 19.6. The van der Waals surface area contributed by atoms with Crippen molar-refractivity contribution in [2.24, 2.45) is 0 Å². The maximum absolute atomic E-state index is 12.9. The number of carbonyl (C=O) groups excluding carboxylic acids is 1. The van der Waals surface area contributed by atoms with Gasteiger partial charge in [-0.25, -0.2) is 4.98 Å². The molecule has 3 aromatic rings. The molecule has 8 heteroatoms. The quantitative estimate of drug-likeness (QED) is 0.512. The number of hydrogen-bond donors (Lipinski definition) is 0. The van der Waals surface area contributed by atoms with Gasteiger partial charge in [-0.3, -0.25) is 19.1 Å². The number of piperazine rings is 1. The first-order valence-corrected chi connectivity index (χ1v) is 11.4. The molecule has 0 atom stereocenters. The molecule has 0 bridgehead atoms. The van der Waals surface area contributed by atoms with Gasteiger partial charge in [0.15, 0.2) is 11.5 Å². The zero-order valence-corrected chi connectivity index (χ0v) is 19.6. The molecule has 0 N–H and O–H groups in total. The van der Waals surface area contributed by atoms with E-state index in [1.807, 2.05) is 23.1 Å². The first-order chi connectivity index (χ1) is 16.6. The number of hydrogen-bond acceptors (Lipinski definition) is 6. The Bertz CT molecular complexity index is 1210. The van der Waals surface area contributed by atoms with Crippen LogP contribution in [0.1, 0.15) is 12.0 Å². The van der Waals surface area contributed by atoms with E-state index < -0.39 is 0 Å². The maximum Gasteiger partial charge on any atom is 0.261 e. The highest BCUT2D eigenvalue weighted by Crippen LogP contribution is 2.29. The number of benzene rings is 2. The highest BCUT2D eigenvalue weighted by Gasteiger charge is 2.20. The molecule has 1 aromatic heterocycles. The Hall–Kier alpha value is -3.65. The first-order valence-electron chi connectivity index (χ1n) is 11.4. The van der Waals surface area contributed by atoms with Crippen molar-refractivity contribution in [3.8, 4) is 11.5 Å². The van der Waals surface area contributed by atoms with Crippen molar-refractivity contribution in [1.29, 1.82) is 0 Å². The van der Waals surface area contributed by atoms with E-state index in [-0.39, 0.29) is 24.4 Å². The number of amides is 1. The zero-order chi connectivity index (χ0) is 23.9. The van der Waals surface area contributed by atoms with Crippen LogP contribution in [0.15, 0.2) is 59.7 Å². The lowest BCUT2D eigenvalue weighted by Crippen LogP contribution is -2.48. The average molecular weight is 463 g/mol. The molecule has 0 spiro atoms. The average Bonchev–Trinajstić information content (AvgIpc) is 2.88. The first kappa shape index (κ1) is 23.5. The summed E-state index contributed by atoms with van der Waals surface area (Å²) in [6.45, 7) is 4.21. The molecule has 0 saturated carbocycles. The van der Waals surface area contributed by atoms with E-state index >= 15 is 0 Å². The third-order valence-corrected chi connectivity index (χ3v) is 6.09. The second-order valence-corrected chi connectivity index (χ2v) is 8.21. The summed E-state index contributed by atoms with van der Waals surface area (Å²) < 4.78 is 12.1. The largest absolute Gasteiger partial charge is 0.493 e. The minimum Gasteiger partial charge on any atom is -0.493 e. The van der Waals surface area contributed by atoms with Crippen LogP contribution < -0.4 is 15.0 Å². The number of nitrogens with zero attached hydrogens (tertiary/aromatic N) is 4. The minimum atomic E-state index is -0.200. The lowest BCUT2D eigenvalue weighted by molar-refractivity contribution is -0.133. The van der Waals surface area contributed by atoms with Crippen LogP contribution in [0.2, 0.25) is 0 Å². The van der Waals surface area contributed by atoms with Gasteiger partial charge >= 0.3 is 0 Å². The molecular formula is C26H30N4O4. The molecule has 0 unspecified atom stereocenters. The number of fused-ring (bicyclic) bond motifs is 1. The fraction of sp³-hybridized carbons (Fsp3) is 0.346. The fourth-order valence-corrected chi connectivity index (χ4v) is 4.10. The molecule has 1 aliphatic rings. The molecule has 4 rings (SSSR count). The van der Waals surface area contributed by atoms with Crippen LogP contribution in [-0.2, 0) is 11.3 Å². The Morgan fingerprint density at radius 3 is 2.44 bits per heavy atom. The predicted octanol–water partition coefficient (Wildman–Crippen LogP) is 2.66. The Balaban J connectivity index is 1.30. The highest BCUT2D eigenvalue weighted by molar-refractivity contribution is 5.81. The number of methoxy groups -OCH3 is 2. The van der Waals surface area contributed by atoms with Crippen LogP contribution in [0.5, 0.6) is 11.5 Å². The number of aryl methyl sites for hydroxylation is 1. The summed E-state index contributed by atoms with van der Waals surface area (Å²) in [5.74, 6) is 1.04. The summed E-state index contributed by atoms with van der Waals surface area (Å²) in [6.07, 6.45) is 6.03. The van der Waals surface area contributed by atoms with E-state index in [4.69, 9.17) is 9.47 Å². The molecule has 2 aromatic carbocycles. The van der Waals surface area contributed by atoms with Crippen molar-refractivity contribution in [3.63, 3.8) is 0 Å². The van der Waals surface area contributed by atoms with Crippen molar-refractivity contribution in [1.82, 2.24) is 19.4 Å². The fourth-order valence-electron chi connectivity index (χ4n) is 4.10. The molecule has 8 nitrogen and oxygen atoms in total. The molecule has 178 valence electrons. The summed E-state index contributed by atoms with van der Waals surface area (Å²) in [6, 6.07) is 13.5. The molecule has 0 aliphatic carbocycles. The molecule has 1 saturated heterocycles. The molecule has 34 heavy (non-hydrogen) atoms. The number of rotatable bonds is 8. The molecule has 1 amide bonds. The van der Waals surface area contributed by atoms with Crippen LogP contribution in [0, 0.1) is 0 Å². The SMILES string of the molecule is COc1cc2ncn(CCC(=O)N3CCN(C/C=C/c4ccccc4)CC3)c(=O)c2cc1OC. The molecule has 1 fully saturated rings. The molecule has 1 aliphatic heterocycles. The van der Waals surface area contributed by atoms with Gasteiger partial charge in [0.2, 0.25) is 5.91 Å². The standard InChI is InChI=1S/C26H30N4O4/c1-33-23-17-21-22(18-24(23)34-2)27-19-30(26(21)32)12-10-25(31)29-15-13-28(14-16-29)11-6-9-20-7-4-3-5-8-20/h3-9,17-19H,10-16H2,1-2H3/b9-6+. The topological polar surface area (TPSA) is 76.9 Å². The van der Waals surface area contributed by atoms with Crippen LogP contribution in [-0.4, -0.2) is 72.2 Å². The monoisotopic (exact) mass is 462 g/mol. The van der Waals surface area contributed by atoms with E-state index in [0.29, 0.717) is 35.5 Å². The molecule has 0 radical (unpaired) electrons. The summed E-state index contributed by atoms with van der Waals surface area (Å²) in [7, 11) is 3.06. The second-order valence-electron chi connectivity index (χ2n) is 8.21. The van der Waals surface area contributed by atoms with E-state index in [2.05, 4.69) is 34.2 Å². The summed E-state index contributed by atoms with van der Waals surface area (Å²) in [5, 5.41) is 0.435. The molecular weight excluding hydrogens is 432 g/mol. The van der Waals surface area contributed by atoms with Crippen LogP contribution in [0.3, 0.4) is 0 Å². The van der Waals surface area contributed by atoms with Gasteiger partial charge in [0.25, 0.3) is 5.56 Å². The maximum atomic E-state index is 12.9. The van der Waals surface area contributed by atoms with Crippen molar-refractivity contribution >= 4 is 22.9 Å². The van der Waals surface area contributed by atoms with Gasteiger partial charge in [-0.15, -0.1) is 0 Å². The van der Waals surface area contributed by atoms with Gasteiger partial charge in [0.05, 0.1) is 31.4 Å². The Morgan fingerprint density at radius 1 is 1.03 bits per heavy atom. The minimum absolute atomic E-state index is 0.0544. The van der Waals surface area contributed by atoms with Crippen LogP contribution in [0.4, 0.5) is 0 Å². The summed E-state index contributed by atoms with van der Waals surface area (Å²) >= 11 is 0. The Labute approximate surface area is 199 Å². The molecule has 2 heterocycles. The van der Waals surface area contributed by atoms with Gasteiger partial charge in [0, 0.05) is 51.8 Å². The van der Waals surface area contributed by atoms with Gasteiger partial charge < -0.3 is 14.4 Å². The van der Waals surface area contributed by atoms with E-state index in [1.54, 1.807) is 12.1 Å². The van der Waals surface area contributed by atoms with E-state index in [1.165, 1.54) is 30.7 Å². The Kier molecular flexibility index (Phi) is 7.59. The third-order valence-electron chi connectivity index (χ3n) is 6.09. The van der Waals surface area contributed by atoms with Crippen LogP contribution >= 0.6 is 0 Å². The van der Waals surface area contributed by atoms with Crippen molar-refractivity contribution in [2.45, 2.75) is 13.0 Å². The van der Waals surface area contributed by atoms with Crippen molar-refractivity contribution < 1.29 is 14.3 Å². The van der Waals surface area contributed by atoms with Gasteiger partial charge in [-0.1, -0.05) is 42.5 Å². The summed E-state index contributed by atoms with van der Waals surface area (Å²) in [4.78, 5) is 34.3. The highest BCUT2D eigenvalue weighted by atomic mass is 16.5. The van der Waals surface area contributed by atoms with Gasteiger partial charge in [-0.2, -0.15) is 0 Å². The van der Waals surface area contributed by atoms with E-state index in [0.717, 1.165) is 19.6 Å². The third kappa shape index (κ3) is 5.46. The van der Waals surface area contributed by atoms with Gasteiger partial charge in [0.1, 0.15) is 0 Å². The lowest BCUT2D eigenvalue weighted by Gasteiger charge is -2.34. The van der Waals surface area contributed by atoms with E-state index in [9.17, 15) is 9.59 Å². The number of aromatic nitrogens is 2. The normalized spacial score (nSPS) is 14.6. The number of carbonyl (C=O) groups is 1. The Morgan fingerprint density at radius 2 is 1.74 bits per heavy atom. The number of ether oxygens (including phenoxy) is 2. The van der Waals surface area contributed by atoms with Crippen molar-refractivity contribution in [2.75, 3.05) is 46.9 Å².